The minimum Gasteiger partial charge on any atom is -0.497 e. The number of hydrogen-bond donors (Lipinski definition) is 0. The minimum atomic E-state index is 0.931. The van der Waals surface area contributed by atoms with Crippen molar-refractivity contribution in [1.82, 2.24) is 9.80 Å². The first-order chi connectivity index (χ1) is 8.69. The third-order valence-electron chi connectivity index (χ3n) is 3.46. The summed E-state index contributed by atoms with van der Waals surface area (Å²) in [6.07, 6.45) is 1.25. The van der Waals surface area contributed by atoms with Crippen LogP contribution in [0.3, 0.4) is 0 Å². The monoisotopic (exact) mass is 312 g/mol. The van der Waals surface area contributed by atoms with E-state index in [9.17, 15) is 0 Å². The zero-order valence-corrected chi connectivity index (χ0v) is 12.7. The first-order valence-electron chi connectivity index (χ1n) is 6.42. The number of halogens is 1. The van der Waals surface area contributed by atoms with E-state index >= 15 is 0 Å². The molecule has 0 atom stereocenters. The van der Waals surface area contributed by atoms with Gasteiger partial charge >= 0.3 is 0 Å². The Morgan fingerprint density at radius 1 is 1.22 bits per heavy atom. The van der Waals surface area contributed by atoms with Gasteiger partial charge in [-0.15, -0.1) is 0 Å². The van der Waals surface area contributed by atoms with Gasteiger partial charge in [0.2, 0.25) is 0 Å². The SMILES string of the molecule is COc1ccc(Br)c(CN2CCCN(C)CC2)c1. The summed E-state index contributed by atoms with van der Waals surface area (Å²) >= 11 is 3.63. The number of nitrogens with zero attached hydrogens (tertiary/aromatic N) is 2. The lowest BCUT2D eigenvalue weighted by atomic mass is 10.2. The standard InChI is InChI=1S/C14H21BrN2O/c1-16-6-3-7-17(9-8-16)11-12-10-13(18-2)4-5-14(12)15/h4-5,10H,3,6-9,11H2,1-2H3. The van der Waals surface area contributed by atoms with E-state index in [1.165, 1.54) is 29.5 Å². The van der Waals surface area contributed by atoms with Gasteiger partial charge in [-0.1, -0.05) is 15.9 Å². The van der Waals surface area contributed by atoms with E-state index in [-0.39, 0.29) is 0 Å². The predicted octanol–water partition coefficient (Wildman–Crippen LogP) is 2.60. The minimum absolute atomic E-state index is 0.931. The largest absolute Gasteiger partial charge is 0.497 e. The van der Waals surface area contributed by atoms with Gasteiger partial charge in [-0.25, -0.2) is 0 Å². The second-order valence-corrected chi connectivity index (χ2v) is 5.74. The summed E-state index contributed by atoms with van der Waals surface area (Å²) in [6, 6.07) is 6.18. The summed E-state index contributed by atoms with van der Waals surface area (Å²) in [5.41, 5.74) is 1.30. The van der Waals surface area contributed by atoms with Crippen LogP contribution in [0.25, 0.3) is 0 Å². The van der Waals surface area contributed by atoms with E-state index in [0.717, 1.165) is 25.4 Å². The summed E-state index contributed by atoms with van der Waals surface area (Å²) in [4.78, 5) is 4.92. The van der Waals surface area contributed by atoms with Gasteiger partial charge in [-0.2, -0.15) is 0 Å². The highest BCUT2D eigenvalue weighted by atomic mass is 79.9. The summed E-state index contributed by atoms with van der Waals surface area (Å²) in [5, 5.41) is 0. The van der Waals surface area contributed by atoms with Crippen molar-refractivity contribution in [1.29, 1.82) is 0 Å². The molecule has 1 aliphatic rings. The Labute approximate surface area is 118 Å². The topological polar surface area (TPSA) is 15.7 Å². The van der Waals surface area contributed by atoms with Gasteiger partial charge < -0.3 is 9.64 Å². The molecule has 0 aliphatic carbocycles. The number of hydrogen-bond acceptors (Lipinski definition) is 3. The van der Waals surface area contributed by atoms with Crippen LogP contribution in [-0.2, 0) is 6.54 Å². The zero-order chi connectivity index (χ0) is 13.0. The summed E-state index contributed by atoms with van der Waals surface area (Å²) in [7, 11) is 3.92. The Morgan fingerprint density at radius 2 is 2.06 bits per heavy atom. The molecule has 1 aromatic carbocycles. The third kappa shape index (κ3) is 3.70. The number of benzene rings is 1. The molecule has 1 aliphatic heterocycles. The lowest BCUT2D eigenvalue weighted by molar-refractivity contribution is 0.268. The van der Waals surface area contributed by atoms with Crippen molar-refractivity contribution >= 4 is 15.9 Å². The van der Waals surface area contributed by atoms with E-state index in [1.807, 2.05) is 6.07 Å². The molecule has 1 fully saturated rings. The molecule has 4 heteroatoms. The van der Waals surface area contributed by atoms with Crippen LogP contribution in [0.5, 0.6) is 5.75 Å². The molecular weight excluding hydrogens is 292 g/mol. The Hall–Kier alpha value is -0.580. The van der Waals surface area contributed by atoms with Crippen LogP contribution in [0.4, 0.5) is 0 Å². The fraction of sp³-hybridized carbons (Fsp3) is 0.571. The summed E-state index contributed by atoms with van der Waals surface area (Å²) < 4.78 is 6.46. The van der Waals surface area contributed by atoms with Crippen LogP contribution in [0.1, 0.15) is 12.0 Å². The van der Waals surface area contributed by atoms with Crippen LogP contribution in [0, 0.1) is 0 Å². The molecule has 0 aromatic heterocycles. The lowest BCUT2D eigenvalue weighted by Crippen LogP contribution is -2.28. The molecular formula is C14H21BrN2O. The van der Waals surface area contributed by atoms with E-state index in [0.29, 0.717) is 0 Å². The van der Waals surface area contributed by atoms with Crippen LogP contribution in [0.2, 0.25) is 0 Å². The normalized spacial score (nSPS) is 18.6. The maximum atomic E-state index is 5.29. The molecule has 0 radical (unpaired) electrons. The molecule has 0 spiro atoms. The maximum absolute atomic E-state index is 5.29. The smallest absolute Gasteiger partial charge is 0.119 e. The average Bonchev–Trinajstić information content (AvgIpc) is 2.57. The summed E-state index contributed by atoms with van der Waals surface area (Å²) in [5.74, 6) is 0.931. The average molecular weight is 313 g/mol. The molecule has 2 rings (SSSR count). The van der Waals surface area contributed by atoms with Crippen molar-refractivity contribution in [2.24, 2.45) is 0 Å². The quantitative estimate of drug-likeness (QED) is 0.853. The molecule has 0 amide bonds. The maximum Gasteiger partial charge on any atom is 0.119 e. The molecule has 0 saturated carbocycles. The van der Waals surface area contributed by atoms with Crippen LogP contribution in [0.15, 0.2) is 22.7 Å². The predicted molar refractivity (Wildman–Crippen MR) is 78.1 cm³/mol. The first-order valence-corrected chi connectivity index (χ1v) is 7.21. The molecule has 1 aromatic rings. The Kier molecular flexibility index (Phi) is 5.03. The van der Waals surface area contributed by atoms with E-state index in [1.54, 1.807) is 7.11 Å². The molecule has 3 nitrogen and oxygen atoms in total. The molecule has 1 saturated heterocycles. The molecule has 100 valence electrons. The number of ether oxygens (including phenoxy) is 1. The van der Waals surface area contributed by atoms with Crippen LogP contribution >= 0.6 is 15.9 Å². The Morgan fingerprint density at radius 3 is 2.83 bits per heavy atom. The first kappa shape index (κ1) is 13.8. The van der Waals surface area contributed by atoms with E-state index in [4.69, 9.17) is 4.74 Å². The van der Waals surface area contributed by atoms with Crippen LogP contribution in [-0.4, -0.2) is 50.1 Å². The fourth-order valence-corrected chi connectivity index (χ4v) is 2.67. The second kappa shape index (κ2) is 6.55. The van der Waals surface area contributed by atoms with Gasteiger partial charge in [0, 0.05) is 24.1 Å². The fourth-order valence-electron chi connectivity index (χ4n) is 2.30. The molecule has 1 heterocycles. The Balaban J connectivity index is 2.03. The van der Waals surface area contributed by atoms with Crippen molar-refractivity contribution in [3.05, 3.63) is 28.2 Å². The van der Waals surface area contributed by atoms with Gasteiger partial charge in [-0.05, 0) is 50.3 Å². The van der Waals surface area contributed by atoms with Gasteiger partial charge in [0.1, 0.15) is 5.75 Å². The lowest BCUT2D eigenvalue weighted by Gasteiger charge is -2.21. The van der Waals surface area contributed by atoms with E-state index in [2.05, 4.69) is 44.9 Å². The van der Waals surface area contributed by atoms with Crippen molar-refractivity contribution in [2.45, 2.75) is 13.0 Å². The highest BCUT2D eigenvalue weighted by molar-refractivity contribution is 9.10. The van der Waals surface area contributed by atoms with Crippen molar-refractivity contribution in [2.75, 3.05) is 40.3 Å². The Bertz CT molecular complexity index is 397. The number of methoxy groups -OCH3 is 1. The van der Waals surface area contributed by atoms with Crippen molar-refractivity contribution < 1.29 is 4.74 Å². The third-order valence-corrected chi connectivity index (χ3v) is 4.23. The summed E-state index contributed by atoms with van der Waals surface area (Å²) in [6.45, 7) is 5.66. The number of likely N-dealkylation sites (N-methyl/N-ethyl adjacent to an activating group) is 1. The zero-order valence-electron chi connectivity index (χ0n) is 11.2. The van der Waals surface area contributed by atoms with Gasteiger partial charge in [0.25, 0.3) is 0 Å². The van der Waals surface area contributed by atoms with Crippen molar-refractivity contribution in [3.8, 4) is 5.75 Å². The molecule has 18 heavy (non-hydrogen) atoms. The number of rotatable bonds is 3. The highest BCUT2D eigenvalue weighted by Gasteiger charge is 2.13. The van der Waals surface area contributed by atoms with Gasteiger partial charge in [0.05, 0.1) is 7.11 Å². The van der Waals surface area contributed by atoms with Crippen LogP contribution < -0.4 is 4.74 Å². The van der Waals surface area contributed by atoms with Crippen molar-refractivity contribution in [3.63, 3.8) is 0 Å². The van der Waals surface area contributed by atoms with Gasteiger partial charge in [0.15, 0.2) is 0 Å². The molecule has 0 bridgehead atoms. The molecule has 0 unspecified atom stereocenters. The van der Waals surface area contributed by atoms with Gasteiger partial charge in [-0.3, -0.25) is 4.90 Å². The van der Waals surface area contributed by atoms with E-state index < -0.39 is 0 Å². The second-order valence-electron chi connectivity index (χ2n) is 4.89. The highest BCUT2D eigenvalue weighted by Crippen LogP contribution is 2.24. The molecule has 0 N–H and O–H groups in total.